The molecule has 0 radical (unpaired) electrons. The van der Waals surface area contributed by atoms with E-state index in [0.717, 1.165) is 24.0 Å². The number of fused-ring (bicyclic) bond motifs is 1. The average molecular weight is 264 g/mol. The van der Waals surface area contributed by atoms with E-state index in [0.29, 0.717) is 12.0 Å². The first-order valence-corrected chi connectivity index (χ1v) is 6.57. The molecule has 2 N–H and O–H groups in total. The topological polar surface area (TPSA) is 66.8 Å². The van der Waals surface area contributed by atoms with Crippen LogP contribution in [-0.2, 0) is 9.53 Å². The minimum atomic E-state index is -0.762. The second-order valence-electron chi connectivity index (χ2n) is 5.26. The van der Waals surface area contributed by atoms with Crippen LogP contribution < -0.4 is 0 Å². The summed E-state index contributed by atoms with van der Waals surface area (Å²) in [6.07, 6.45) is 4.67. The molecule has 0 aromatic carbocycles. The van der Waals surface area contributed by atoms with Crippen LogP contribution in [0.15, 0.2) is 35.5 Å². The molecular weight excluding hydrogens is 244 g/mol. The van der Waals surface area contributed by atoms with Crippen molar-refractivity contribution in [3.63, 3.8) is 0 Å². The van der Waals surface area contributed by atoms with Gasteiger partial charge in [-0.3, -0.25) is 0 Å². The molecule has 19 heavy (non-hydrogen) atoms. The number of hydrogen-bond donors (Lipinski definition) is 2. The largest absolute Gasteiger partial charge is 0.458 e. The fraction of sp³-hybridized carbons (Fsp3) is 0.533. The third kappa shape index (κ3) is 2.96. The van der Waals surface area contributed by atoms with Crippen LogP contribution in [0.25, 0.3) is 0 Å². The van der Waals surface area contributed by atoms with Crippen LogP contribution >= 0.6 is 0 Å². The van der Waals surface area contributed by atoms with Crippen molar-refractivity contribution in [3.05, 3.63) is 35.5 Å². The van der Waals surface area contributed by atoms with Crippen molar-refractivity contribution in [3.8, 4) is 0 Å². The van der Waals surface area contributed by atoms with Gasteiger partial charge in [-0.15, -0.1) is 0 Å². The molecule has 2 rings (SSSR count). The molecule has 1 fully saturated rings. The summed E-state index contributed by atoms with van der Waals surface area (Å²) in [7, 11) is 0. The van der Waals surface area contributed by atoms with Crippen LogP contribution in [0, 0.1) is 5.92 Å². The van der Waals surface area contributed by atoms with Gasteiger partial charge < -0.3 is 14.9 Å². The number of rotatable bonds is 1. The van der Waals surface area contributed by atoms with Gasteiger partial charge in [0.25, 0.3) is 0 Å². The second kappa shape index (κ2) is 5.72. The maximum absolute atomic E-state index is 11.6. The lowest BCUT2D eigenvalue weighted by atomic mass is 9.86. The Morgan fingerprint density at radius 2 is 2.26 bits per heavy atom. The summed E-state index contributed by atoms with van der Waals surface area (Å²) in [5.74, 6) is -0.868. The minimum Gasteiger partial charge on any atom is -0.458 e. The molecule has 1 aliphatic heterocycles. The zero-order valence-electron chi connectivity index (χ0n) is 11.1. The van der Waals surface area contributed by atoms with E-state index in [2.05, 4.69) is 6.58 Å². The first kappa shape index (κ1) is 14.0. The molecule has 0 aromatic rings. The second-order valence-corrected chi connectivity index (χ2v) is 5.26. The number of carbonyl (C=O) groups is 1. The Kier molecular flexibility index (Phi) is 4.22. The van der Waals surface area contributed by atoms with Crippen molar-refractivity contribution in [2.45, 2.75) is 38.4 Å². The zero-order valence-corrected chi connectivity index (χ0v) is 11.1. The van der Waals surface area contributed by atoms with E-state index >= 15 is 0 Å². The van der Waals surface area contributed by atoms with E-state index in [-0.39, 0.29) is 6.61 Å². The number of aliphatic hydroxyl groups excluding tert-OH is 2. The number of carbonyl (C=O) groups excluding carboxylic acids is 1. The third-order valence-corrected chi connectivity index (χ3v) is 3.78. The van der Waals surface area contributed by atoms with Gasteiger partial charge in [-0.25, -0.2) is 4.79 Å². The lowest BCUT2D eigenvalue weighted by Gasteiger charge is -2.23. The number of allylic oxidation sites excluding steroid dienone is 2. The number of aliphatic hydroxyl groups is 2. The SMILES string of the molecule is C=C1C(=O)O[C@@H]2C/C(CO)=C\CC/C(C)=C/[C@H](O)[C@@H]12. The number of hydrogen-bond acceptors (Lipinski definition) is 4. The monoisotopic (exact) mass is 264 g/mol. The van der Waals surface area contributed by atoms with Gasteiger partial charge in [0.1, 0.15) is 6.10 Å². The van der Waals surface area contributed by atoms with E-state index in [4.69, 9.17) is 4.74 Å². The molecule has 4 heteroatoms. The van der Waals surface area contributed by atoms with E-state index < -0.39 is 24.1 Å². The molecule has 0 bridgehead atoms. The van der Waals surface area contributed by atoms with Gasteiger partial charge in [-0.05, 0) is 25.3 Å². The van der Waals surface area contributed by atoms with Crippen LogP contribution in [-0.4, -0.2) is 35.0 Å². The highest BCUT2D eigenvalue weighted by Gasteiger charge is 2.42. The minimum absolute atomic E-state index is 0.0495. The smallest absolute Gasteiger partial charge is 0.334 e. The summed E-state index contributed by atoms with van der Waals surface area (Å²) < 4.78 is 5.27. The Hall–Kier alpha value is -1.39. The fourth-order valence-electron chi connectivity index (χ4n) is 2.69. The predicted octanol–water partition coefficient (Wildman–Crippen LogP) is 1.49. The van der Waals surface area contributed by atoms with Gasteiger partial charge in [0.2, 0.25) is 0 Å². The molecular formula is C15H20O4. The van der Waals surface area contributed by atoms with Crippen LogP contribution in [0.5, 0.6) is 0 Å². The van der Waals surface area contributed by atoms with Gasteiger partial charge in [0.15, 0.2) is 0 Å². The van der Waals surface area contributed by atoms with Crippen molar-refractivity contribution < 1.29 is 19.7 Å². The molecule has 1 saturated heterocycles. The molecule has 104 valence electrons. The van der Waals surface area contributed by atoms with Crippen LogP contribution in [0.2, 0.25) is 0 Å². The Bertz CT molecular complexity index is 447. The van der Waals surface area contributed by atoms with E-state index in [1.165, 1.54) is 0 Å². The van der Waals surface area contributed by atoms with Crippen molar-refractivity contribution in [1.82, 2.24) is 0 Å². The molecule has 4 nitrogen and oxygen atoms in total. The molecule has 0 saturated carbocycles. The van der Waals surface area contributed by atoms with Crippen molar-refractivity contribution in [2.75, 3.05) is 6.61 Å². The number of ether oxygens (including phenoxy) is 1. The molecule has 1 heterocycles. The van der Waals surface area contributed by atoms with Crippen molar-refractivity contribution >= 4 is 5.97 Å². The van der Waals surface area contributed by atoms with Crippen LogP contribution in [0.1, 0.15) is 26.2 Å². The van der Waals surface area contributed by atoms with E-state index in [9.17, 15) is 15.0 Å². The van der Waals surface area contributed by atoms with E-state index in [1.807, 2.05) is 13.0 Å². The summed E-state index contributed by atoms with van der Waals surface area (Å²) in [4.78, 5) is 11.6. The van der Waals surface area contributed by atoms with Crippen molar-refractivity contribution in [1.29, 1.82) is 0 Å². The summed E-state index contributed by atoms with van der Waals surface area (Å²) in [6.45, 7) is 5.63. The summed E-state index contributed by atoms with van der Waals surface area (Å²) >= 11 is 0. The Balaban J connectivity index is 2.33. The Morgan fingerprint density at radius 1 is 1.53 bits per heavy atom. The highest BCUT2D eigenvalue weighted by Crippen LogP contribution is 2.34. The third-order valence-electron chi connectivity index (χ3n) is 3.78. The summed E-state index contributed by atoms with van der Waals surface area (Å²) in [6, 6.07) is 0. The average Bonchev–Trinajstić information content (AvgIpc) is 2.63. The van der Waals surface area contributed by atoms with Crippen molar-refractivity contribution in [2.24, 2.45) is 5.92 Å². The number of esters is 1. The molecule has 3 atom stereocenters. The summed E-state index contributed by atoms with van der Waals surface area (Å²) in [5, 5.41) is 19.6. The lowest BCUT2D eigenvalue weighted by Crippen LogP contribution is -2.29. The quantitative estimate of drug-likeness (QED) is 0.428. The van der Waals surface area contributed by atoms with Gasteiger partial charge >= 0.3 is 5.97 Å². The maximum Gasteiger partial charge on any atom is 0.334 e. The highest BCUT2D eigenvalue weighted by molar-refractivity contribution is 5.91. The first-order valence-electron chi connectivity index (χ1n) is 6.57. The normalized spacial score (nSPS) is 37.7. The zero-order chi connectivity index (χ0) is 14.0. The van der Waals surface area contributed by atoms with Gasteiger partial charge in [0, 0.05) is 12.0 Å². The van der Waals surface area contributed by atoms with Crippen LogP contribution in [0.3, 0.4) is 0 Å². The highest BCUT2D eigenvalue weighted by atomic mass is 16.6. The van der Waals surface area contributed by atoms with Crippen LogP contribution in [0.4, 0.5) is 0 Å². The molecule has 1 aliphatic carbocycles. The molecule has 0 unspecified atom stereocenters. The van der Waals surface area contributed by atoms with Gasteiger partial charge in [-0.2, -0.15) is 0 Å². The molecule has 0 spiro atoms. The van der Waals surface area contributed by atoms with E-state index in [1.54, 1.807) is 6.08 Å². The first-order chi connectivity index (χ1) is 9.02. The Labute approximate surface area is 113 Å². The summed E-state index contributed by atoms with van der Waals surface area (Å²) in [5.41, 5.74) is 2.23. The fourth-order valence-corrected chi connectivity index (χ4v) is 2.69. The van der Waals surface area contributed by atoms with Gasteiger partial charge in [0.05, 0.1) is 18.6 Å². The predicted molar refractivity (Wildman–Crippen MR) is 71.3 cm³/mol. The van der Waals surface area contributed by atoms with Gasteiger partial charge in [-0.1, -0.05) is 24.3 Å². The molecule has 2 aliphatic rings. The Morgan fingerprint density at radius 3 is 2.95 bits per heavy atom. The standard InChI is InChI=1S/C15H20O4/c1-9-4-3-5-11(8-16)7-13-14(12(17)6-9)10(2)15(18)19-13/h5-6,12-14,16-17H,2-4,7-8H2,1H3/b9-6+,11-5+/t12-,13+,14+/m0/s1. The molecule has 0 amide bonds. The lowest BCUT2D eigenvalue weighted by molar-refractivity contribution is -0.139. The maximum atomic E-state index is 11.6. The molecule has 0 aromatic heterocycles.